The number of aryl methyl sites for hydroxylation is 1. The molecule has 3 heterocycles. The molecule has 1 spiro atoms. The SMILES string of the molecule is Cc1nc(N2CCC3(CC2)Cc2ccc(F)cc2[C@H]3OC(N)=O)c2ccnn2c1Br. The molecule has 0 radical (unpaired) electrons. The van der Waals surface area contributed by atoms with E-state index in [0.717, 1.165) is 65.1 Å². The van der Waals surface area contributed by atoms with Gasteiger partial charge in [0, 0.05) is 18.5 Å². The third kappa shape index (κ3) is 2.94. The van der Waals surface area contributed by atoms with Crippen molar-refractivity contribution in [2.24, 2.45) is 11.1 Å². The monoisotopic (exact) mass is 473 g/mol. The van der Waals surface area contributed by atoms with Gasteiger partial charge < -0.3 is 15.4 Å². The molecule has 0 unspecified atom stereocenters. The lowest BCUT2D eigenvalue weighted by atomic mass is 9.74. The number of rotatable bonds is 2. The predicted octanol–water partition coefficient (Wildman–Crippen LogP) is 3.92. The highest BCUT2D eigenvalue weighted by atomic mass is 79.9. The maximum Gasteiger partial charge on any atom is 0.405 e. The predicted molar refractivity (Wildman–Crippen MR) is 113 cm³/mol. The number of anilines is 1. The number of halogens is 2. The van der Waals surface area contributed by atoms with Gasteiger partial charge in [-0.1, -0.05) is 6.07 Å². The van der Waals surface area contributed by atoms with Gasteiger partial charge in [-0.25, -0.2) is 18.7 Å². The van der Waals surface area contributed by atoms with Crippen LogP contribution in [0.1, 0.15) is 35.8 Å². The lowest BCUT2D eigenvalue weighted by Crippen LogP contribution is -2.44. The average molecular weight is 474 g/mol. The number of hydrogen-bond acceptors (Lipinski definition) is 5. The third-order valence-electron chi connectivity index (χ3n) is 6.41. The van der Waals surface area contributed by atoms with Crippen LogP contribution in [0.25, 0.3) is 5.52 Å². The summed E-state index contributed by atoms with van der Waals surface area (Å²) in [5, 5.41) is 4.38. The maximum absolute atomic E-state index is 13.9. The van der Waals surface area contributed by atoms with Crippen LogP contribution in [0.5, 0.6) is 0 Å². The lowest BCUT2D eigenvalue weighted by Gasteiger charge is -2.43. The Labute approximate surface area is 181 Å². The highest BCUT2D eigenvalue weighted by molar-refractivity contribution is 9.10. The number of ether oxygens (including phenoxy) is 1. The van der Waals surface area contributed by atoms with E-state index in [9.17, 15) is 9.18 Å². The number of fused-ring (bicyclic) bond motifs is 2. The standard InChI is InChI=1S/C21H21BrFN5O2/c1-12-18(22)28-16(4-7-25-28)19(26-12)27-8-5-21(6-9-27)11-13-2-3-14(23)10-15(13)17(21)30-20(24)29/h2-4,7,10,17H,5-6,8-9,11H2,1H3,(H2,24,29)/t17-/m1/s1. The second kappa shape index (κ2) is 6.94. The Morgan fingerprint density at radius 2 is 2.10 bits per heavy atom. The van der Waals surface area contributed by atoms with Crippen molar-refractivity contribution in [3.63, 3.8) is 0 Å². The fraction of sp³-hybridized carbons (Fsp3) is 0.381. The van der Waals surface area contributed by atoms with Gasteiger partial charge in [0.2, 0.25) is 0 Å². The molecular formula is C21H21BrFN5O2. The van der Waals surface area contributed by atoms with Gasteiger partial charge in [-0.2, -0.15) is 5.10 Å². The molecule has 30 heavy (non-hydrogen) atoms. The topological polar surface area (TPSA) is 85.8 Å². The number of piperidine rings is 1. The van der Waals surface area contributed by atoms with Crippen molar-refractivity contribution in [2.75, 3.05) is 18.0 Å². The summed E-state index contributed by atoms with van der Waals surface area (Å²) in [5.41, 5.74) is 8.63. The molecule has 1 aromatic carbocycles. The van der Waals surface area contributed by atoms with Crippen LogP contribution in [0.2, 0.25) is 0 Å². The number of carbonyl (C=O) groups excluding carboxylic acids is 1. The van der Waals surface area contributed by atoms with Gasteiger partial charge in [-0.05, 0) is 71.4 Å². The van der Waals surface area contributed by atoms with Crippen LogP contribution in [-0.2, 0) is 11.2 Å². The van der Waals surface area contributed by atoms with Crippen molar-refractivity contribution in [1.29, 1.82) is 0 Å². The van der Waals surface area contributed by atoms with Crippen molar-refractivity contribution in [1.82, 2.24) is 14.6 Å². The number of primary amides is 1. The number of nitrogens with zero attached hydrogens (tertiary/aromatic N) is 4. The molecule has 1 atom stereocenters. The summed E-state index contributed by atoms with van der Waals surface area (Å²) in [5.74, 6) is 0.552. The van der Waals surface area contributed by atoms with Crippen LogP contribution in [0.3, 0.4) is 0 Å². The third-order valence-corrected chi connectivity index (χ3v) is 7.32. The zero-order valence-corrected chi connectivity index (χ0v) is 18.0. The molecule has 5 rings (SSSR count). The first-order valence-electron chi connectivity index (χ1n) is 9.87. The Morgan fingerprint density at radius 1 is 1.33 bits per heavy atom. The van der Waals surface area contributed by atoms with E-state index < -0.39 is 12.2 Å². The van der Waals surface area contributed by atoms with E-state index in [0.29, 0.717) is 0 Å². The van der Waals surface area contributed by atoms with Crippen LogP contribution in [-0.4, -0.2) is 33.8 Å². The largest absolute Gasteiger partial charge is 0.441 e. The summed E-state index contributed by atoms with van der Waals surface area (Å²) < 4.78 is 22.1. The Balaban J connectivity index is 1.46. The number of hydrogen-bond donors (Lipinski definition) is 1. The summed E-state index contributed by atoms with van der Waals surface area (Å²) >= 11 is 3.55. The normalized spacial score (nSPS) is 20.0. The van der Waals surface area contributed by atoms with Gasteiger partial charge in [-0.15, -0.1) is 0 Å². The second-order valence-corrected chi connectivity index (χ2v) is 8.88. The minimum Gasteiger partial charge on any atom is -0.441 e. The molecule has 2 aromatic heterocycles. The fourth-order valence-corrected chi connectivity index (χ4v) is 5.33. The quantitative estimate of drug-likeness (QED) is 0.609. The van der Waals surface area contributed by atoms with Crippen molar-refractivity contribution in [3.8, 4) is 0 Å². The van der Waals surface area contributed by atoms with Crippen molar-refractivity contribution in [2.45, 2.75) is 32.3 Å². The van der Waals surface area contributed by atoms with E-state index in [1.807, 2.05) is 17.5 Å². The van der Waals surface area contributed by atoms with Gasteiger partial charge in [0.05, 0.1) is 11.9 Å². The number of aromatic nitrogens is 3. The summed E-state index contributed by atoms with van der Waals surface area (Å²) in [6.07, 6.45) is 2.69. The number of carbonyl (C=O) groups is 1. The van der Waals surface area contributed by atoms with Crippen LogP contribution in [0.15, 0.2) is 35.1 Å². The highest BCUT2D eigenvalue weighted by Crippen LogP contribution is 2.54. The van der Waals surface area contributed by atoms with E-state index in [1.54, 1.807) is 12.3 Å². The lowest BCUT2D eigenvalue weighted by molar-refractivity contribution is 0.00408. The Hall–Kier alpha value is -2.68. The Kier molecular flexibility index (Phi) is 4.46. The van der Waals surface area contributed by atoms with E-state index >= 15 is 0 Å². The molecule has 1 aliphatic heterocycles. The van der Waals surface area contributed by atoms with E-state index in [4.69, 9.17) is 15.5 Å². The summed E-state index contributed by atoms with van der Waals surface area (Å²) in [6.45, 7) is 3.42. The molecule has 156 valence electrons. The Morgan fingerprint density at radius 3 is 2.83 bits per heavy atom. The van der Waals surface area contributed by atoms with Crippen molar-refractivity contribution >= 4 is 33.4 Å². The maximum atomic E-state index is 13.9. The molecule has 9 heteroatoms. The van der Waals surface area contributed by atoms with Crippen LogP contribution < -0.4 is 10.6 Å². The van der Waals surface area contributed by atoms with Gasteiger partial charge in [0.25, 0.3) is 0 Å². The molecular weight excluding hydrogens is 453 g/mol. The highest BCUT2D eigenvalue weighted by Gasteiger charge is 2.50. The molecule has 2 N–H and O–H groups in total. The van der Waals surface area contributed by atoms with Crippen molar-refractivity contribution < 1.29 is 13.9 Å². The van der Waals surface area contributed by atoms with E-state index in [-0.39, 0.29) is 11.2 Å². The molecule has 7 nitrogen and oxygen atoms in total. The average Bonchev–Trinajstić information content (AvgIpc) is 3.30. The minimum absolute atomic E-state index is 0.289. The molecule has 3 aromatic rings. The molecule has 2 aliphatic rings. The number of benzene rings is 1. The zero-order chi connectivity index (χ0) is 21.0. The summed E-state index contributed by atoms with van der Waals surface area (Å²) in [7, 11) is 0. The van der Waals surface area contributed by atoms with Gasteiger partial charge in [-0.3, -0.25) is 0 Å². The number of amides is 1. The molecule has 1 aliphatic carbocycles. The first kappa shape index (κ1) is 19.3. The van der Waals surface area contributed by atoms with E-state index in [1.165, 1.54) is 12.1 Å². The molecule has 0 bridgehead atoms. The fourth-order valence-electron chi connectivity index (χ4n) is 4.96. The van der Waals surface area contributed by atoms with Crippen LogP contribution in [0.4, 0.5) is 15.0 Å². The summed E-state index contributed by atoms with van der Waals surface area (Å²) in [6, 6.07) is 6.67. The first-order chi connectivity index (χ1) is 14.4. The smallest absolute Gasteiger partial charge is 0.405 e. The molecule has 1 saturated heterocycles. The minimum atomic E-state index is -0.829. The molecule has 1 fully saturated rings. The molecule has 0 saturated carbocycles. The van der Waals surface area contributed by atoms with Crippen LogP contribution in [0, 0.1) is 18.2 Å². The van der Waals surface area contributed by atoms with Gasteiger partial charge in [0.15, 0.2) is 5.82 Å². The van der Waals surface area contributed by atoms with Crippen molar-refractivity contribution in [3.05, 3.63) is 57.7 Å². The summed E-state index contributed by atoms with van der Waals surface area (Å²) in [4.78, 5) is 18.7. The molecule has 1 amide bonds. The Bertz CT molecular complexity index is 1160. The van der Waals surface area contributed by atoms with E-state index in [2.05, 4.69) is 25.9 Å². The second-order valence-electron chi connectivity index (χ2n) is 8.13. The zero-order valence-electron chi connectivity index (χ0n) is 16.4. The number of nitrogens with two attached hydrogens (primary N) is 1. The van der Waals surface area contributed by atoms with Gasteiger partial charge in [0.1, 0.15) is 22.0 Å². The van der Waals surface area contributed by atoms with Crippen LogP contribution >= 0.6 is 15.9 Å². The first-order valence-corrected chi connectivity index (χ1v) is 10.7. The van der Waals surface area contributed by atoms with Gasteiger partial charge >= 0.3 is 6.09 Å².